The summed E-state index contributed by atoms with van der Waals surface area (Å²) in [6, 6.07) is 7.82. The van der Waals surface area contributed by atoms with Gasteiger partial charge < -0.3 is 15.3 Å². The Morgan fingerprint density at radius 3 is 2.17 bits per heavy atom. The molecule has 0 aliphatic carbocycles. The lowest BCUT2D eigenvalue weighted by molar-refractivity contribution is -0.384. The topological polar surface area (TPSA) is 104 Å². The van der Waals surface area contributed by atoms with Crippen LogP contribution in [0.1, 0.15) is 0 Å². The van der Waals surface area contributed by atoms with Crippen LogP contribution in [0.3, 0.4) is 0 Å². The van der Waals surface area contributed by atoms with E-state index in [1.165, 1.54) is 18.2 Å². The van der Waals surface area contributed by atoms with Gasteiger partial charge in [-0.05, 0) is 12.1 Å². The first-order valence-electron chi connectivity index (χ1n) is 4.99. The van der Waals surface area contributed by atoms with Crippen LogP contribution in [0.15, 0.2) is 36.4 Å². The number of para-hydroxylation sites is 1. The van der Waals surface area contributed by atoms with E-state index in [1.807, 2.05) is 0 Å². The lowest BCUT2D eigenvalue weighted by Gasteiger charge is -2.07. The molecule has 0 saturated heterocycles. The lowest BCUT2D eigenvalue weighted by atomic mass is 10.0. The Hall–Kier alpha value is -2.76. The largest absolute Gasteiger partial charge is 0.507 e. The molecule has 2 aromatic carbocycles. The van der Waals surface area contributed by atoms with Crippen molar-refractivity contribution in [3.8, 4) is 28.4 Å². The monoisotopic (exact) mass is 247 g/mol. The summed E-state index contributed by atoms with van der Waals surface area (Å²) in [4.78, 5) is 10.3. The third kappa shape index (κ3) is 1.91. The molecule has 92 valence electrons. The highest BCUT2D eigenvalue weighted by Gasteiger charge is 2.18. The van der Waals surface area contributed by atoms with Crippen molar-refractivity contribution in [2.24, 2.45) is 0 Å². The van der Waals surface area contributed by atoms with Gasteiger partial charge in [0.2, 0.25) is 0 Å². The summed E-state index contributed by atoms with van der Waals surface area (Å²) in [6.07, 6.45) is 0. The van der Waals surface area contributed by atoms with Crippen molar-refractivity contribution in [2.75, 3.05) is 0 Å². The fraction of sp³-hybridized carbons (Fsp3) is 0. The minimum Gasteiger partial charge on any atom is -0.507 e. The molecule has 6 heteroatoms. The SMILES string of the molecule is O=[N+]([O-])c1ccccc1-c1cc(O)c(O)cc1O. The van der Waals surface area contributed by atoms with Crippen LogP contribution in [0.2, 0.25) is 0 Å². The summed E-state index contributed by atoms with van der Waals surface area (Å²) in [5.41, 5.74) is 0.0470. The Balaban J connectivity index is 2.69. The van der Waals surface area contributed by atoms with Gasteiger partial charge in [0.15, 0.2) is 11.5 Å². The van der Waals surface area contributed by atoms with Crippen molar-refractivity contribution < 1.29 is 20.2 Å². The van der Waals surface area contributed by atoms with Crippen LogP contribution in [0.25, 0.3) is 11.1 Å². The highest BCUT2D eigenvalue weighted by atomic mass is 16.6. The first kappa shape index (κ1) is 11.7. The van der Waals surface area contributed by atoms with Gasteiger partial charge in [-0.1, -0.05) is 12.1 Å². The van der Waals surface area contributed by atoms with Gasteiger partial charge in [0.25, 0.3) is 5.69 Å². The van der Waals surface area contributed by atoms with E-state index in [0.717, 1.165) is 12.1 Å². The Labute approximate surface area is 102 Å². The van der Waals surface area contributed by atoms with E-state index < -0.39 is 16.4 Å². The maximum atomic E-state index is 10.9. The molecule has 0 unspecified atom stereocenters. The molecule has 0 amide bonds. The Morgan fingerprint density at radius 2 is 1.50 bits per heavy atom. The second-order valence-corrected chi connectivity index (χ2v) is 3.63. The number of phenols is 3. The van der Waals surface area contributed by atoms with Crippen LogP contribution in [0, 0.1) is 10.1 Å². The third-order valence-electron chi connectivity index (χ3n) is 2.48. The molecule has 0 saturated carbocycles. The quantitative estimate of drug-likeness (QED) is 0.327. The number of benzene rings is 2. The first-order valence-corrected chi connectivity index (χ1v) is 4.99. The molecule has 0 aliphatic rings. The Kier molecular flexibility index (Phi) is 2.77. The highest BCUT2D eigenvalue weighted by molar-refractivity contribution is 5.80. The van der Waals surface area contributed by atoms with E-state index in [9.17, 15) is 25.4 Å². The molecule has 0 bridgehead atoms. The second-order valence-electron chi connectivity index (χ2n) is 3.63. The van der Waals surface area contributed by atoms with Crippen molar-refractivity contribution in [1.82, 2.24) is 0 Å². The Morgan fingerprint density at radius 1 is 0.889 bits per heavy atom. The molecule has 0 fully saturated rings. The van der Waals surface area contributed by atoms with Crippen molar-refractivity contribution in [2.45, 2.75) is 0 Å². The first-order chi connectivity index (χ1) is 8.50. The lowest BCUT2D eigenvalue weighted by Crippen LogP contribution is -1.91. The molecule has 6 nitrogen and oxygen atoms in total. The summed E-state index contributed by atoms with van der Waals surface area (Å²) in [6.45, 7) is 0. The zero-order valence-electron chi connectivity index (χ0n) is 9.07. The molecular formula is C12H9NO5. The average Bonchev–Trinajstić information content (AvgIpc) is 2.34. The molecule has 0 heterocycles. The number of hydrogen-bond acceptors (Lipinski definition) is 5. The summed E-state index contributed by atoms with van der Waals surface area (Å²) in [5, 5.41) is 39.1. The standard InChI is InChI=1S/C12H9NO5/c14-10-6-12(16)11(15)5-8(10)7-3-1-2-4-9(7)13(17)18/h1-6,14-16H. The van der Waals surface area contributed by atoms with E-state index in [4.69, 9.17) is 0 Å². The number of hydrogen-bond donors (Lipinski definition) is 3. The number of nitro benzene ring substituents is 1. The van der Waals surface area contributed by atoms with Gasteiger partial charge in [-0.3, -0.25) is 10.1 Å². The molecule has 0 aromatic heterocycles. The van der Waals surface area contributed by atoms with Crippen LogP contribution < -0.4 is 0 Å². The van der Waals surface area contributed by atoms with Crippen LogP contribution in [-0.4, -0.2) is 20.2 Å². The van der Waals surface area contributed by atoms with Gasteiger partial charge in [0.05, 0.1) is 10.5 Å². The summed E-state index contributed by atoms with van der Waals surface area (Å²) >= 11 is 0. The molecule has 2 aromatic rings. The fourth-order valence-corrected chi connectivity index (χ4v) is 1.64. The maximum Gasteiger partial charge on any atom is 0.277 e. The van der Waals surface area contributed by atoms with Crippen molar-refractivity contribution in [1.29, 1.82) is 0 Å². The normalized spacial score (nSPS) is 10.2. The van der Waals surface area contributed by atoms with Gasteiger partial charge in [0.1, 0.15) is 5.75 Å². The second kappa shape index (κ2) is 4.25. The summed E-state index contributed by atoms with van der Waals surface area (Å²) in [5.74, 6) is -1.30. The van der Waals surface area contributed by atoms with Crippen LogP contribution in [-0.2, 0) is 0 Å². The average molecular weight is 247 g/mol. The predicted octanol–water partition coefficient (Wildman–Crippen LogP) is 2.38. The van der Waals surface area contributed by atoms with Gasteiger partial charge in [-0.2, -0.15) is 0 Å². The summed E-state index contributed by atoms with van der Waals surface area (Å²) < 4.78 is 0. The van der Waals surface area contributed by atoms with Crippen molar-refractivity contribution in [3.63, 3.8) is 0 Å². The molecule has 0 aliphatic heterocycles. The summed E-state index contributed by atoms with van der Waals surface area (Å²) in [7, 11) is 0. The smallest absolute Gasteiger partial charge is 0.277 e. The maximum absolute atomic E-state index is 10.9. The molecule has 2 rings (SSSR count). The predicted molar refractivity (Wildman–Crippen MR) is 63.5 cm³/mol. The van der Waals surface area contributed by atoms with Crippen LogP contribution >= 0.6 is 0 Å². The number of rotatable bonds is 2. The third-order valence-corrected chi connectivity index (χ3v) is 2.48. The zero-order valence-corrected chi connectivity index (χ0v) is 9.07. The van der Waals surface area contributed by atoms with Crippen molar-refractivity contribution in [3.05, 3.63) is 46.5 Å². The van der Waals surface area contributed by atoms with Gasteiger partial charge in [0, 0.05) is 17.7 Å². The molecule has 0 radical (unpaired) electrons. The number of phenolic OH excluding ortho intramolecular Hbond substituents is 3. The van der Waals surface area contributed by atoms with Gasteiger partial charge in [-0.15, -0.1) is 0 Å². The zero-order chi connectivity index (χ0) is 13.3. The molecule has 0 spiro atoms. The van der Waals surface area contributed by atoms with Crippen LogP contribution in [0.4, 0.5) is 5.69 Å². The fourth-order valence-electron chi connectivity index (χ4n) is 1.64. The van der Waals surface area contributed by atoms with E-state index in [0.29, 0.717) is 0 Å². The highest BCUT2D eigenvalue weighted by Crippen LogP contribution is 2.41. The van der Waals surface area contributed by atoms with Gasteiger partial charge in [-0.25, -0.2) is 0 Å². The minimum absolute atomic E-state index is 0.0811. The number of nitro groups is 1. The van der Waals surface area contributed by atoms with E-state index in [2.05, 4.69) is 0 Å². The van der Waals surface area contributed by atoms with Crippen LogP contribution in [0.5, 0.6) is 17.2 Å². The van der Waals surface area contributed by atoms with Gasteiger partial charge >= 0.3 is 0 Å². The minimum atomic E-state index is -0.585. The van der Waals surface area contributed by atoms with E-state index in [1.54, 1.807) is 6.07 Å². The molecule has 18 heavy (non-hydrogen) atoms. The number of aromatic hydroxyl groups is 3. The van der Waals surface area contributed by atoms with E-state index in [-0.39, 0.29) is 22.6 Å². The molecular weight excluding hydrogens is 238 g/mol. The Bertz CT molecular complexity index is 624. The van der Waals surface area contributed by atoms with Crippen molar-refractivity contribution >= 4 is 5.69 Å². The molecule has 3 N–H and O–H groups in total. The number of nitrogens with zero attached hydrogens (tertiary/aromatic N) is 1. The molecule has 0 atom stereocenters. The van der Waals surface area contributed by atoms with E-state index >= 15 is 0 Å².